The molecule has 2 nitrogen and oxygen atoms in total. The van der Waals surface area contributed by atoms with Crippen molar-refractivity contribution in [3.63, 3.8) is 0 Å². The van der Waals surface area contributed by atoms with Crippen LogP contribution in [-0.4, -0.2) is 36.1 Å². The molecule has 2 heteroatoms. The van der Waals surface area contributed by atoms with Gasteiger partial charge >= 0.3 is 0 Å². The molecule has 1 N–H and O–H groups in total. The lowest BCUT2D eigenvalue weighted by Gasteiger charge is -2.35. The molecule has 3 fully saturated rings. The van der Waals surface area contributed by atoms with Crippen LogP contribution in [0.1, 0.15) is 33.6 Å². The summed E-state index contributed by atoms with van der Waals surface area (Å²) >= 11 is 0. The summed E-state index contributed by atoms with van der Waals surface area (Å²) in [5.41, 5.74) is 0.354. The van der Waals surface area contributed by atoms with Gasteiger partial charge in [-0.1, -0.05) is 0 Å². The van der Waals surface area contributed by atoms with E-state index in [-0.39, 0.29) is 0 Å². The average Bonchev–Trinajstić information content (AvgIpc) is 2.34. The summed E-state index contributed by atoms with van der Waals surface area (Å²) in [6.07, 6.45) is 2.82. The van der Waals surface area contributed by atoms with E-state index in [1.54, 1.807) is 0 Å². The minimum atomic E-state index is 0.354. The Morgan fingerprint density at radius 3 is 2.46 bits per heavy atom. The summed E-state index contributed by atoms with van der Waals surface area (Å²) < 4.78 is 0. The fourth-order valence-corrected chi connectivity index (χ4v) is 2.49. The number of hydrogen-bond acceptors (Lipinski definition) is 2. The van der Waals surface area contributed by atoms with E-state index in [4.69, 9.17) is 0 Å². The van der Waals surface area contributed by atoms with Crippen molar-refractivity contribution < 1.29 is 0 Å². The fourth-order valence-electron chi connectivity index (χ4n) is 2.49. The van der Waals surface area contributed by atoms with Crippen molar-refractivity contribution in [3.05, 3.63) is 0 Å². The third kappa shape index (κ3) is 2.05. The first-order chi connectivity index (χ1) is 6.05. The number of fused-ring (bicyclic) bond motifs is 4. The molecular weight excluding hydrogens is 160 g/mol. The van der Waals surface area contributed by atoms with Gasteiger partial charge in [0, 0.05) is 24.7 Å². The van der Waals surface area contributed by atoms with Gasteiger partial charge in [0.2, 0.25) is 0 Å². The van der Waals surface area contributed by atoms with Gasteiger partial charge in [-0.3, -0.25) is 4.90 Å². The van der Waals surface area contributed by atoms with Crippen LogP contribution in [0.4, 0.5) is 0 Å². The standard InChI is InChI=1S/C11H22N2/c1-11(2,3)13-7-9-4-5-10(8-13)12-6-9/h9-10,12H,4-8H2,1-3H3/t9-,10-/m1/s1. The molecule has 0 aromatic carbocycles. The Labute approximate surface area is 81.7 Å². The molecule has 3 aliphatic heterocycles. The smallest absolute Gasteiger partial charge is 0.0195 e. The number of piperidine rings is 1. The molecular formula is C11H22N2. The van der Waals surface area contributed by atoms with E-state index in [1.165, 1.54) is 32.5 Å². The molecule has 3 aliphatic rings. The highest BCUT2D eigenvalue weighted by Crippen LogP contribution is 2.26. The first-order valence-electron chi connectivity index (χ1n) is 5.54. The van der Waals surface area contributed by atoms with E-state index < -0.39 is 0 Å². The van der Waals surface area contributed by atoms with Crippen LogP contribution in [0.3, 0.4) is 0 Å². The molecule has 0 aliphatic carbocycles. The van der Waals surface area contributed by atoms with Gasteiger partial charge in [-0.15, -0.1) is 0 Å². The van der Waals surface area contributed by atoms with E-state index in [0.29, 0.717) is 5.54 Å². The molecule has 2 atom stereocenters. The van der Waals surface area contributed by atoms with Crippen molar-refractivity contribution >= 4 is 0 Å². The van der Waals surface area contributed by atoms with E-state index in [2.05, 4.69) is 31.0 Å². The van der Waals surface area contributed by atoms with Crippen molar-refractivity contribution in [1.82, 2.24) is 10.2 Å². The monoisotopic (exact) mass is 182 g/mol. The van der Waals surface area contributed by atoms with Gasteiger partial charge in [0.15, 0.2) is 0 Å². The van der Waals surface area contributed by atoms with Crippen molar-refractivity contribution in [2.45, 2.75) is 45.2 Å². The van der Waals surface area contributed by atoms with Gasteiger partial charge in [-0.05, 0) is 46.1 Å². The highest BCUT2D eigenvalue weighted by Gasteiger charge is 2.33. The highest BCUT2D eigenvalue weighted by atomic mass is 15.2. The third-order valence-corrected chi connectivity index (χ3v) is 3.49. The zero-order chi connectivity index (χ0) is 9.47. The molecule has 3 heterocycles. The van der Waals surface area contributed by atoms with Crippen molar-refractivity contribution in [1.29, 1.82) is 0 Å². The van der Waals surface area contributed by atoms with Gasteiger partial charge in [0.1, 0.15) is 0 Å². The molecule has 0 saturated carbocycles. The maximum Gasteiger partial charge on any atom is 0.0195 e. The first-order valence-corrected chi connectivity index (χ1v) is 5.54. The van der Waals surface area contributed by atoms with Crippen LogP contribution in [0.2, 0.25) is 0 Å². The third-order valence-electron chi connectivity index (χ3n) is 3.49. The van der Waals surface area contributed by atoms with Gasteiger partial charge in [0.25, 0.3) is 0 Å². The van der Waals surface area contributed by atoms with E-state index >= 15 is 0 Å². The topological polar surface area (TPSA) is 15.3 Å². The molecule has 0 amide bonds. The summed E-state index contributed by atoms with van der Waals surface area (Å²) in [5.74, 6) is 0.901. The van der Waals surface area contributed by atoms with Crippen LogP contribution in [-0.2, 0) is 0 Å². The molecule has 3 rings (SSSR count). The zero-order valence-corrected chi connectivity index (χ0v) is 9.14. The summed E-state index contributed by atoms with van der Waals surface area (Å²) in [5, 5.41) is 3.64. The average molecular weight is 182 g/mol. The Morgan fingerprint density at radius 2 is 1.92 bits per heavy atom. The Hall–Kier alpha value is -0.0800. The Bertz CT molecular complexity index is 161. The first kappa shape index (κ1) is 9.47. The molecule has 0 aromatic rings. The Morgan fingerprint density at radius 1 is 1.15 bits per heavy atom. The minimum absolute atomic E-state index is 0.354. The van der Waals surface area contributed by atoms with Gasteiger partial charge < -0.3 is 5.32 Å². The second kappa shape index (κ2) is 3.25. The largest absolute Gasteiger partial charge is 0.312 e. The quantitative estimate of drug-likeness (QED) is 0.610. The lowest BCUT2D eigenvalue weighted by Crippen LogP contribution is -2.46. The van der Waals surface area contributed by atoms with Crippen LogP contribution < -0.4 is 5.32 Å². The number of hydrogen-bond donors (Lipinski definition) is 1. The molecule has 0 aromatic heterocycles. The predicted octanol–water partition coefficient (Wildman–Crippen LogP) is 1.47. The van der Waals surface area contributed by atoms with Crippen LogP contribution in [0.25, 0.3) is 0 Å². The van der Waals surface area contributed by atoms with Crippen molar-refractivity contribution in [3.8, 4) is 0 Å². The second-order valence-electron chi connectivity index (χ2n) is 5.62. The van der Waals surface area contributed by atoms with Crippen LogP contribution in [0.15, 0.2) is 0 Å². The van der Waals surface area contributed by atoms with Gasteiger partial charge in [-0.25, -0.2) is 0 Å². The molecule has 2 bridgehead atoms. The molecule has 0 spiro atoms. The SMILES string of the molecule is CC(C)(C)N1C[C@@H]2CC[C@H](C1)NC2. The lowest BCUT2D eigenvalue weighted by molar-refractivity contribution is 0.131. The summed E-state index contributed by atoms with van der Waals surface area (Å²) in [6, 6.07) is 0.762. The van der Waals surface area contributed by atoms with Gasteiger partial charge in [0.05, 0.1) is 0 Å². The normalized spacial score (nSPS) is 36.2. The highest BCUT2D eigenvalue weighted by molar-refractivity contribution is 4.91. The predicted molar refractivity (Wildman–Crippen MR) is 55.8 cm³/mol. The zero-order valence-electron chi connectivity index (χ0n) is 9.14. The van der Waals surface area contributed by atoms with Crippen LogP contribution >= 0.6 is 0 Å². The maximum absolute atomic E-state index is 3.64. The van der Waals surface area contributed by atoms with E-state index in [9.17, 15) is 0 Å². The molecule has 0 radical (unpaired) electrons. The summed E-state index contributed by atoms with van der Waals surface area (Å²) in [7, 11) is 0. The van der Waals surface area contributed by atoms with Crippen molar-refractivity contribution in [2.24, 2.45) is 5.92 Å². The number of rotatable bonds is 0. The van der Waals surface area contributed by atoms with Crippen molar-refractivity contribution in [2.75, 3.05) is 19.6 Å². The van der Waals surface area contributed by atoms with E-state index in [1.807, 2.05) is 0 Å². The van der Waals surface area contributed by atoms with Gasteiger partial charge in [-0.2, -0.15) is 0 Å². The summed E-state index contributed by atoms with van der Waals surface area (Å²) in [4.78, 5) is 2.65. The number of nitrogens with one attached hydrogen (secondary N) is 1. The Kier molecular flexibility index (Phi) is 2.37. The second-order valence-corrected chi connectivity index (χ2v) is 5.62. The minimum Gasteiger partial charge on any atom is -0.312 e. The molecule has 3 saturated heterocycles. The molecule has 13 heavy (non-hydrogen) atoms. The number of nitrogens with zero attached hydrogens (tertiary/aromatic N) is 1. The summed E-state index contributed by atoms with van der Waals surface area (Å²) in [6.45, 7) is 10.8. The molecule has 76 valence electrons. The van der Waals surface area contributed by atoms with E-state index in [0.717, 1.165) is 12.0 Å². The van der Waals surface area contributed by atoms with Crippen LogP contribution in [0.5, 0.6) is 0 Å². The van der Waals surface area contributed by atoms with Crippen LogP contribution in [0, 0.1) is 5.92 Å². The lowest BCUT2D eigenvalue weighted by atomic mass is 9.97. The fraction of sp³-hybridized carbons (Fsp3) is 1.00. The molecule has 0 unspecified atom stereocenters. The maximum atomic E-state index is 3.64. The Balaban J connectivity index is 2.07.